The first-order chi connectivity index (χ1) is 20.4. The maximum atomic E-state index is 13.9. The number of Topliss-reactive ketones (excluding diaryl/α,β-unsaturated/α-hetero) is 1. The summed E-state index contributed by atoms with van der Waals surface area (Å²) in [7, 11) is 0. The van der Waals surface area contributed by atoms with Crippen molar-refractivity contribution in [2.24, 2.45) is 0 Å². The van der Waals surface area contributed by atoms with Gasteiger partial charge in [-0.05, 0) is 11.5 Å². The third kappa shape index (κ3) is 8.75. The number of carbonyl (C=O) groups excluding carboxylic acids is 5. The van der Waals surface area contributed by atoms with Crippen LogP contribution in [0.2, 0.25) is 0 Å². The number of hydrogen-bond acceptors (Lipinski definition) is 7. The second kappa shape index (κ2) is 15.1. The quantitative estimate of drug-likeness (QED) is 0.0869. The van der Waals surface area contributed by atoms with Crippen molar-refractivity contribution in [3.05, 3.63) is 71.8 Å². The number of anilines is 1. The molecule has 15 heteroatoms. The van der Waals surface area contributed by atoms with Gasteiger partial charge in [-0.15, -0.1) is 0 Å². The van der Waals surface area contributed by atoms with Gasteiger partial charge in [0.2, 0.25) is 17.5 Å². The predicted octanol–water partition coefficient (Wildman–Crippen LogP) is 2.31. The Morgan fingerprint density at radius 2 is 1.58 bits per heavy atom. The van der Waals surface area contributed by atoms with E-state index in [9.17, 15) is 46.1 Å². The van der Waals surface area contributed by atoms with E-state index in [0.717, 1.165) is 5.39 Å². The summed E-state index contributed by atoms with van der Waals surface area (Å²) < 4.78 is 70.9. The highest BCUT2D eigenvalue weighted by Gasteiger charge is 2.30. The van der Waals surface area contributed by atoms with Gasteiger partial charge in [0, 0.05) is 30.0 Å². The van der Waals surface area contributed by atoms with Crippen LogP contribution in [-0.4, -0.2) is 65.0 Å². The van der Waals surface area contributed by atoms with E-state index in [0.29, 0.717) is 11.1 Å². The molecular weight excluding hydrogens is 598 g/mol. The van der Waals surface area contributed by atoms with Gasteiger partial charge in [0.15, 0.2) is 23.2 Å². The molecule has 10 nitrogen and oxygen atoms in total. The minimum absolute atomic E-state index is 0.0607. The summed E-state index contributed by atoms with van der Waals surface area (Å²) in [4.78, 5) is 62.2. The van der Waals surface area contributed by atoms with Crippen molar-refractivity contribution in [1.29, 1.82) is 0 Å². The first-order valence-electron chi connectivity index (χ1n) is 12.5. The molecule has 3 aromatic rings. The third-order valence-electron chi connectivity index (χ3n) is 6.03. The van der Waals surface area contributed by atoms with Gasteiger partial charge in [0.25, 0.3) is 0 Å². The van der Waals surface area contributed by atoms with E-state index in [2.05, 4.69) is 20.7 Å². The van der Waals surface area contributed by atoms with Gasteiger partial charge in [-0.3, -0.25) is 19.2 Å². The molecule has 3 aromatic carbocycles. The molecule has 3 rings (SSSR count). The summed E-state index contributed by atoms with van der Waals surface area (Å²) in [6, 6.07) is 8.81. The Balaban J connectivity index is 1.71. The summed E-state index contributed by atoms with van der Waals surface area (Å²) in [5.41, 5.74) is 0.316. The van der Waals surface area contributed by atoms with Crippen molar-refractivity contribution in [2.75, 3.05) is 23.9 Å². The smallest absolute Gasteiger partial charge is 0.313 e. The minimum Gasteiger partial charge on any atom is -0.617 e. The Morgan fingerprint density at radius 3 is 2.23 bits per heavy atom. The highest BCUT2D eigenvalue weighted by atomic mass is 32.2. The minimum atomic E-state index is -1.90. The Kier molecular flexibility index (Phi) is 11.6. The summed E-state index contributed by atoms with van der Waals surface area (Å²) in [6.45, 7) is -1.21. The number of aldehydes is 1. The monoisotopic (exact) mass is 623 g/mol. The van der Waals surface area contributed by atoms with Crippen LogP contribution >= 0.6 is 0 Å². The standard InChI is InChI=1S/C28H25F4N3O7S/c1-43(41)12-10-21(35-28(40)27(39)33-19-8-4-6-15-5-2-3-7-16(15)19)26(38)34-20(9-11-36)22(37)14-42-25-23(31)17(29)13-18(30)24(25)32/h2-8,11,13,20-21H,9-10,12,14H2,1H3,(H,33,39)(H,34,38)(H,35,40)/t20-,21-,43?/m0/s1. The molecule has 0 aromatic heterocycles. The molecule has 0 aliphatic carbocycles. The summed E-state index contributed by atoms with van der Waals surface area (Å²) >= 11 is -1.44. The molecule has 1 unspecified atom stereocenters. The van der Waals surface area contributed by atoms with E-state index in [4.69, 9.17) is 0 Å². The maximum Gasteiger partial charge on any atom is 0.313 e. The molecule has 0 fully saturated rings. The Morgan fingerprint density at radius 1 is 0.930 bits per heavy atom. The van der Waals surface area contributed by atoms with E-state index < -0.39 is 88.8 Å². The molecule has 228 valence electrons. The van der Waals surface area contributed by atoms with E-state index in [-0.39, 0.29) is 24.5 Å². The zero-order valence-corrected chi connectivity index (χ0v) is 23.3. The van der Waals surface area contributed by atoms with Crippen LogP contribution < -0.4 is 20.7 Å². The van der Waals surface area contributed by atoms with Crippen LogP contribution in [0.4, 0.5) is 23.2 Å². The second-order valence-electron chi connectivity index (χ2n) is 9.09. The van der Waals surface area contributed by atoms with Crippen molar-refractivity contribution in [3.8, 4) is 5.75 Å². The van der Waals surface area contributed by atoms with Gasteiger partial charge < -0.3 is 30.0 Å². The molecule has 0 saturated carbocycles. The molecule has 3 N–H and O–H groups in total. The average molecular weight is 624 g/mol. The van der Waals surface area contributed by atoms with Crippen LogP contribution in [0.3, 0.4) is 0 Å². The van der Waals surface area contributed by atoms with E-state index in [1.165, 1.54) is 6.26 Å². The predicted molar refractivity (Wildman–Crippen MR) is 147 cm³/mol. The van der Waals surface area contributed by atoms with Crippen LogP contribution in [0.5, 0.6) is 5.75 Å². The molecule has 0 saturated heterocycles. The lowest BCUT2D eigenvalue weighted by Crippen LogP contribution is -2.54. The number of ether oxygens (including phenoxy) is 1. The number of carbonyl (C=O) groups is 5. The summed E-state index contributed by atoms with van der Waals surface area (Å²) in [5, 5.41) is 8.24. The average Bonchev–Trinajstić information content (AvgIpc) is 2.97. The van der Waals surface area contributed by atoms with Gasteiger partial charge >= 0.3 is 11.8 Å². The van der Waals surface area contributed by atoms with Crippen LogP contribution in [-0.2, 0) is 35.1 Å². The molecular formula is C28H25F4N3O7S. The fourth-order valence-corrected chi connectivity index (χ4v) is 4.42. The largest absolute Gasteiger partial charge is 0.617 e. The van der Waals surface area contributed by atoms with Crippen LogP contribution in [0.25, 0.3) is 10.8 Å². The normalized spacial score (nSPS) is 13.0. The zero-order valence-electron chi connectivity index (χ0n) is 22.5. The maximum absolute atomic E-state index is 13.9. The Hall–Kier alpha value is -4.50. The summed E-state index contributed by atoms with van der Waals surface area (Å²) in [6.07, 6.45) is 0.657. The first-order valence-corrected chi connectivity index (χ1v) is 14.3. The SMILES string of the molecule is C[S+]([O-])CC[C@H](NC(=O)C(=O)Nc1cccc2ccccc12)C(=O)N[C@@H](CC=O)C(=O)COc1c(F)c(F)cc(F)c1F. The van der Waals surface area contributed by atoms with Gasteiger partial charge in [0.05, 0.1) is 12.3 Å². The van der Waals surface area contributed by atoms with Crippen molar-refractivity contribution in [1.82, 2.24) is 10.6 Å². The molecule has 0 radical (unpaired) electrons. The molecule has 0 bridgehead atoms. The highest BCUT2D eigenvalue weighted by Crippen LogP contribution is 2.26. The Labute approximate surface area is 245 Å². The number of amides is 3. The van der Waals surface area contributed by atoms with Crippen molar-refractivity contribution in [3.63, 3.8) is 0 Å². The van der Waals surface area contributed by atoms with Crippen molar-refractivity contribution in [2.45, 2.75) is 24.9 Å². The van der Waals surface area contributed by atoms with Crippen molar-refractivity contribution < 1.29 is 50.8 Å². The van der Waals surface area contributed by atoms with Gasteiger partial charge in [-0.25, -0.2) is 8.78 Å². The van der Waals surface area contributed by atoms with E-state index in [1.807, 2.05) is 0 Å². The molecule has 43 heavy (non-hydrogen) atoms. The molecule has 3 amide bonds. The molecule has 0 aliphatic rings. The number of nitrogens with one attached hydrogen (secondary N) is 3. The van der Waals surface area contributed by atoms with E-state index in [1.54, 1.807) is 42.5 Å². The summed E-state index contributed by atoms with van der Waals surface area (Å²) in [5.74, 6) is -13.6. The number of rotatable bonds is 13. The number of hydrogen-bond donors (Lipinski definition) is 3. The molecule has 0 spiro atoms. The molecule has 3 atom stereocenters. The molecule has 0 heterocycles. The number of benzene rings is 3. The molecule has 0 aliphatic heterocycles. The van der Waals surface area contributed by atoms with Crippen LogP contribution in [0.1, 0.15) is 12.8 Å². The third-order valence-corrected chi connectivity index (χ3v) is 6.84. The fourth-order valence-electron chi connectivity index (χ4n) is 3.85. The van der Waals surface area contributed by atoms with Crippen LogP contribution in [0.15, 0.2) is 48.5 Å². The zero-order chi connectivity index (χ0) is 31.7. The topological polar surface area (TPSA) is 154 Å². The second-order valence-corrected chi connectivity index (χ2v) is 10.6. The lowest BCUT2D eigenvalue weighted by atomic mass is 10.1. The lowest BCUT2D eigenvalue weighted by Gasteiger charge is -2.22. The highest BCUT2D eigenvalue weighted by molar-refractivity contribution is 7.90. The fraction of sp³-hybridized carbons (Fsp3) is 0.250. The first kappa shape index (κ1) is 33.0. The van der Waals surface area contributed by atoms with E-state index >= 15 is 0 Å². The number of fused-ring (bicyclic) bond motifs is 1. The lowest BCUT2D eigenvalue weighted by molar-refractivity contribution is -0.138. The van der Waals surface area contributed by atoms with Gasteiger partial charge in [-0.1, -0.05) is 47.6 Å². The van der Waals surface area contributed by atoms with Gasteiger partial charge in [-0.2, -0.15) is 8.78 Å². The van der Waals surface area contributed by atoms with Crippen LogP contribution in [0, 0.1) is 23.3 Å². The number of ketones is 1. The van der Waals surface area contributed by atoms with Crippen molar-refractivity contribution >= 4 is 57.4 Å². The number of halogens is 4. The Bertz CT molecular complexity index is 1510. The van der Waals surface area contributed by atoms with Gasteiger partial charge in [0.1, 0.15) is 24.7 Å².